The molecule has 0 atom stereocenters. The van der Waals surface area contributed by atoms with E-state index in [0.29, 0.717) is 0 Å². The van der Waals surface area contributed by atoms with Crippen LogP contribution in [0.15, 0.2) is 30.3 Å². The van der Waals surface area contributed by atoms with E-state index in [1.54, 1.807) is 6.08 Å². The molecule has 0 amide bonds. The summed E-state index contributed by atoms with van der Waals surface area (Å²) in [5.41, 5.74) is 0.952. The summed E-state index contributed by atoms with van der Waals surface area (Å²) in [6, 6.07) is 7.72. The Labute approximate surface area is 134 Å². The van der Waals surface area contributed by atoms with Gasteiger partial charge in [0.05, 0.1) is 13.7 Å². The second-order valence-corrected chi connectivity index (χ2v) is 5.40. The summed E-state index contributed by atoms with van der Waals surface area (Å²) < 4.78 is 10.3. The molecule has 1 rings (SSSR count). The van der Waals surface area contributed by atoms with E-state index < -0.39 is 0 Å². The van der Waals surface area contributed by atoms with Crippen molar-refractivity contribution in [2.75, 3.05) is 13.7 Å². The number of carbonyl (C=O) groups excluding carboxylic acids is 1. The van der Waals surface area contributed by atoms with Crippen LogP contribution >= 0.6 is 0 Å². The molecule has 0 aliphatic heterocycles. The first-order valence-electron chi connectivity index (χ1n) is 8.25. The van der Waals surface area contributed by atoms with Crippen molar-refractivity contribution in [2.24, 2.45) is 0 Å². The van der Waals surface area contributed by atoms with Gasteiger partial charge in [-0.05, 0) is 30.2 Å². The molecule has 0 aliphatic rings. The van der Waals surface area contributed by atoms with Gasteiger partial charge in [0.25, 0.3) is 0 Å². The molecule has 3 heteroatoms. The molecule has 1 aromatic rings. The Hall–Kier alpha value is -1.77. The zero-order valence-corrected chi connectivity index (χ0v) is 13.8. The molecule has 22 heavy (non-hydrogen) atoms. The zero-order chi connectivity index (χ0) is 16.0. The number of benzene rings is 1. The molecule has 0 bridgehead atoms. The maximum Gasteiger partial charge on any atom is 0.330 e. The van der Waals surface area contributed by atoms with Gasteiger partial charge in [-0.25, -0.2) is 4.79 Å². The van der Waals surface area contributed by atoms with Gasteiger partial charge in [0.1, 0.15) is 5.75 Å². The van der Waals surface area contributed by atoms with E-state index in [0.717, 1.165) is 24.3 Å². The smallest absolute Gasteiger partial charge is 0.330 e. The topological polar surface area (TPSA) is 35.5 Å². The summed E-state index contributed by atoms with van der Waals surface area (Å²) in [6.07, 6.45) is 12.1. The van der Waals surface area contributed by atoms with Crippen LogP contribution in [0.2, 0.25) is 0 Å². The first-order valence-corrected chi connectivity index (χ1v) is 8.25. The number of unbranched alkanes of at least 4 members (excludes halogenated alkanes) is 6. The van der Waals surface area contributed by atoms with Gasteiger partial charge in [0.2, 0.25) is 0 Å². The number of hydrogen-bond donors (Lipinski definition) is 0. The van der Waals surface area contributed by atoms with Crippen LogP contribution in [0, 0.1) is 0 Å². The van der Waals surface area contributed by atoms with Gasteiger partial charge in [-0.2, -0.15) is 0 Å². The second-order valence-electron chi connectivity index (χ2n) is 5.40. The molecule has 0 aliphatic carbocycles. The molecule has 0 spiro atoms. The van der Waals surface area contributed by atoms with Crippen molar-refractivity contribution in [2.45, 2.75) is 51.9 Å². The molecular formula is C19H28O3. The zero-order valence-electron chi connectivity index (χ0n) is 13.8. The quantitative estimate of drug-likeness (QED) is 0.328. The lowest BCUT2D eigenvalue weighted by Gasteiger charge is -2.06. The highest BCUT2D eigenvalue weighted by Crippen LogP contribution is 2.14. The lowest BCUT2D eigenvalue weighted by atomic mass is 10.1. The lowest BCUT2D eigenvalue weighted by molar-refractivity contribution is -0.134. The predicted molar refractivity (Wildman–Crippen MR) is 91.0 cm³/mol. The number of carbonyl (C=O) groups is 1. The Bertz CT molecular complexity index is 434. The van der Waals surface area contributed by atoms with E-state index in [4.69, 9.17) is 4.74 Å². The average Bonchev–Trinajstić information content (AvgIpc) is 2.56. The molecule has 1 aromatic carbocycles. The minimum atomic E-state index is -0.348. The molecule has 0 fully saturated rings. The van der Waals surface area contributed by atoms with Gasteiger partial charge in [-0.1, -0.05) is 57.6 Å². The summed E-state index contributed by atoms with van der Waals surface area (Å²) >= 11 is 0. The van der Waals surface area contributed by atoms with Crippen molar-refractivity contribution in [1.29, 1.82) is 0 Å². The van der Waals surface area contributed by atoms with E-state index in [9.17, 15) is 4.79 Å². The Morgan fingerprint density at radius 3 is 2.27 bits per heavy atom. The number of rotatable bonds is 11. The molecule has 0 saturated carbocycles. The SMILES string of the molecule is CCCCCCCCCOc1ccc(C=CC(=O)OC)cc1. The fourth-order valence-electron chi connectivity index (χ4n) is 2.16. The van der Waals surface area contributed by atoms with E-state index in [1.165, 1.54) is 51.7 Å². The van der Waals surface area contributed by atoms with Crippen LogP contribution in [0.1, 0.15) is 57.4 Å². The average molecular weight is 304 g/mol. The summed E-state index contributed by atoms with van der Waals surface area (Å²) in [7, 11) is 1.37. The van der Waals surface area contributed by atoms with Crippen molar-refractivity contribution in [3.8, 4) is 5.75 Å². The highest BCUT2D eigenvalue weighted by atomic mass is 16.5. The van der Waals surface area contributed by atoms with Gasteiger partial charge in [-0.15, -0.1) is 0 Å². The number of methoxy groups -OCH3 is 1. The molecule has 0 unspecified atom stereocenters. The van der Waals surface area contributed by atoms with Gasteiger partial charge in [0, 0.05) is 6.08 Å². The van der Waals surface area contributed by atoms with Crippen molar-refractivity contribution >= 4 is 12.0 Å². The second kappa shape index (κ2) is 11.8. The highest BCUT2D eigenvalue weighted by Gasteiger charge is 1.96. The Morgan fingerprint density at radius 1 is 1.00 bits per heavy atom. The molecule has 3 nitrogen and oxygen atoms in total. The summed E-state index contributed by atoms with van der Waals surface area (Å²) in [6.45, 7) is 3.01. The van der Waals surface area contributed by atoms with Crippen LogP contribution in [0.25, 0.3) is 6.08 Å². The van der Waals surface area contributed by atoms with E-state index in [-0.39, 0.29) is 5.97 Å². The van der Waals surface area contributed by atoms with Crippen molar-refractivity contribution in [3.63, 3.8) is 0 Å². The van der Waals surface area contributed by atoms with Crippen LogP contribution in [0.3, 0.4) is 0 Å². The van der Waals surface area contributed by atoms with Gasteiger partial charge >= 0.3 is 5.97 Å². The standard InChI is InChI=1S/C19H28O3/c1-3-4-5-6-7-8-9-16-22-18-13-10-17(11-14-18)12-15-19(20)21-2/h10-15H,3-9,16H2,1-2H3. The molecule has 0 heterocycles. The minimum absolute atomic E-state index is 0.348. The maximum atomic E-state index is 11.0. The Balaban J connectivity index is 2.16. The summed E-state index contributed by atoms with van der Waals surface area (Å²) in [5.74, 6) is 0.528. The van der Waals surface area contributed by atoms with Gasteiger partial charge in [-0.3, -0.25) is 0 Å². The number of hydrogen-bond acceptors (Lipinski definition) is 3. The lowest BCUT2D eigenvalue weighted by Crippen LogP contribution is -1.97. The van der Waals surface area contributed by atoms with Crippen LogP contribution in [0.5, 0.6) is 5.75 Å². The Kier molecular flexibility index (Phi) is 9.84. The largest absolute Gasteiger partial charge is 0.494 e. The van der Waals surface area contributed by atoms with E-state index in [1.807, 2.05) is 24.3 Å². The monoisotopic (exact) mass is 304 g/mol. The highest BCUT2D eigenvalue weighted by molar-refractivity contribution is 5.86. The molecule has 122 valence electrons. The molecule has 0 aromatic heterocycles. The van der Waals surface area contributed by atoms with Crippen LogP contribution in [-0.4, -0.2) is 19.7 Å². The third-order valence-corrected chi connectivity index (χ3v) is 3.51. The fraction of sp³-hybridized carbons (Fsp3) is 0.526. The molecular weight excluding hydrogens is 276 g/mol. The van der Waals surface area contributed by atoms with E-state index >= 15 is 0 Å². The van der Waals surface area contributed by atoms with Gasteiger partial charge in [0.15, 0.2) is 0 Å². The van der Waals surface area contributed by atoms with Crippen LogP contribution in [0.4, 0.5) is 0 Å². The predicted octanol–water partition coefficient (Wildman–Crippen LogP) is 5.00. The van der Waals surface area contributed by atoms with Crippen molar-refractivity contribution in [3.05, 3.63) is 35.9 Å². The first-order chi connectivity index (χ1) is 10.8. The van der Waals surface area contributed by atoms with E-state index in [2.05, 4.69) is 11.7 Å². The van der Waals surface area contributed by atoms with Crippen molar-refractivity contribution < 1.29 is 14.3 Å². The van der Waals surface area contributed by atoms with Gasteiger partial charge < -0.3 is 9.47 Å². The number of ether oxygens (including phenoxy) is 2. The van der Waals surface area contributed by atoms with Crippen LogP contribution in [-0.2, 0) is 9.53 Å². The Morgan fingerprint density at radius 2 is 1.64 bits per heavy atom. The summed E-state index contributed by atoms with van der Waals surface area (Å²) in [5, 5.41) is 0. The van der Waals surface area contributed by atoms with Crippen molar-refractivity contribution in [1.82, 2.24) is 0 Å². The number of esters is 1. The first kappa shape index (κ1) is 18.3. The fourth-order valence-corrected chi connectivity index (χ4v) is 2.16. The maximum absolute atomic E-state index is 11.0. The third kappa shape index (κ3) is 8.50. The van der Waals surface area contributed by atoms with Crippen LogP contribution < -0.4 is 4.74 Å². The molecule has 0 saturated heterocycles. The summed E-state index contributed by atoms with van der Waals surface area (Å²) in [4.78, 5) is 11.0. The minimum Gasteiger partial charge on any atom is -0.494 e. The normalized spacial score (nSPS) is 10.8. The molecule has 0 N–H and O–H groups in total. The third-order valence-electron chi connectivity index (χ3n) is 3.51. The molecule has 0 radical (unpaired) electrons.